The van der Waals surface area contributed by atoms with Gasteiger partial charge in [-0.25, -0.2) is 4.79 Å². The minimum Gasteiger partial charge on any atom is -0.461 e. The number of amides is 1. The predicted octanol–water partition coefficient (Wildman–Crippen LogP) is 2.47. The molecule has 1 aromatic carbocycles. The first-order valence-electron chi connectivity index (χ1n) is 7.63. The van der Waals surface area contributed by atoms with Crippen molar-refractivity contribution < 1.29 is 19.1 Å². The molecule has 0 bridgehead atoms. The molecule has 5 heteroatoms. The zero-order chi connectivity index (χ0) is 15.7. The minimum absolute atomic E-state index is 0.0511. The predicted molar refractivity (Wildman–Crippen MR) is 81.6 cm³/mol. The lowest BCUT2D eigenvalue weighted by molar-refractivity contribution is -0.127. The third-order valence-corrected chi connectivity index (χ3v) is 4.29. The van der Waals surface area contributed by atoms with E-state index in [1.807, 2.05) is 6.92 Å². The third kappa shape index (κ3) is 3.30. The summed E-state index contributed by atoms with van der Waals surface area (Å²) in [5.41, 5.74) is 1.14. The molecule has 1 saturated carbocycles. The molecule has 1 heterocycles. The first kappa shape index (κ1) is 15.0. The molecule has 1 amide bonds. The molecule has 2 aliphatic rings. The molecule has 1 N–H and O–H groups in total. The maximum absolute atomic E-state index is 12.0. The van der Waals surface area contributed by atoms with Crippen molar-refractivity contribution in [3.05, 3.63) is 29.8 Å². The van der Waals surface area contributed by atoms with Gasteiger partial charge in [0.1, 0.15) is 6.61 Å². The molecule has 1 aliphatic carbocycles. The van der Waals surface area contributed by atoms with Crippen LogP contribution in [-0.4, -0.2) is 31.7 Å². The average molecular weight is 303 g/mol. The summed E-state index contributed by atoms with van der Waals surface area (Å²) in [6.07, 6.45) is 0.957. The van der Waals surface area contributed by atoms with E-state index < -0.39 is 0 Å². The lowest BCUT2D eigenvalue weighted by Gasteiger charge is -2.37. The number of esters is 1. The van der Waals surface area contributed by atoms with Crippen molar-refractivity contribution in [3.63, 3.8) is 0 Å². The molecule has 1 aromatic rings. The number of carbonyl (C=O) groups is 2. The minimum atomic E-state index is -0.346. The number of hydrogen-bond acceptors (Lipinski definition) is 4. The van der Waals surface area contributed by atoms with Crippen LogP contribution in [0.5, 0.6) is 0 Å². The lowest BCUT2D eigenvalue weighted by Crippen LogP contribution is -2.44. The quantitative estimate of drug-likeness (QED) is 0.849. The largest absolute Gasteiger partial charge is 0.461 e. The van der Waals surface area contributed by atoms with Crippen molar-refractivity contribution in [1.82, 2.24) is 0 Å². The van der Waals surface area contributed by atoms with E-state index in [2.05, 4.69) is 12.2 Å². The van der Waals surface area contributed by atoms with Crippen LogP contribution in [0.1, 0.15) is 30.6 Å². The van der Waals surface area contributed by atoms with E-state index in [4.69, 9.17) is 9.47 Å². The molecule has 0 unspecified atom stereocenters. The molecule has 5 nitrogen and oxygen atoms in total. The maximum atomic E-state index is 12.0. The molecule has 3 rings (SSSR count). The highest BCUT2D eigenvalue weighted by Gasteiger charge is 2.39. The summed E-state index contributed by atoms with van der Waals surface area (Å²) < 4.78 is 10.4. The fourth-order valence-electron chi connectivity index (χ4n) is 2.47. The molecular weight excluding hydrogens is 282 g/mol. The van der Waals surface area contributed by atoms with E-state index >= 15 is 0 Å². The summed E-state index contributed by atoms with van der Waals surface area (Å²) in [6.45, 7) is 5.72. The van der Waals surface area contributed by atoms with E-state index in [-0.39, 0.29) is 23.2 Å². The van der Waals surface area contributed by atoms with Crippen LogP contribution in [0.3, 0.4) is 0 Å². The lowest BCUT2D eigenvalue weighted by atomic mass is 9.90. The normalized spacial score (nSPS) is 25.0. The number of benzene rings is 1. The van der Waals surface area contributed by atoms with Crippen LogP contribution < -0.4 is 5.32 Å². The number of hydrogen-bond donors (Lipinski definition) is 1. The van der Waals surface area contributed by atoms with Gasteiger partial charge in [0.2, 0.25) is 5.91 Å². The highest BCUT2D eigenvalue weighted by atomic mass is 16.5. The molecule has 0 aromatic heterocycles. The zero-order valence-corrected chi connectivity index (χ0v) is 12.9. The fraction of sp³-hybridized carbons (Fsp3) is 0.529. The topological polar surface area (TPSA) is 64.6 Å². The first-order valence-corrected chi connectivity index (χ1v) is 7.63. The summed E-state index contributed by atoms with van der Waals surface area (Å²) in [5.74, 6) is 0.323. The van der Waals surface area contributed by atoms with Crippen LogP contribution in [-0.2, 0) is 14.3 Å². The van der Waals surface area contributed by atoms with Gasteiger partial charge in [-0.05, 0) is 36.6 Å². The van der Waals surface area contributed by atoms with Crippen LogP contribution >= 0.6 is 0 Å². The van der Waals surface area contributed by atoms with Crippen LogP contribution in [0.15, 0.2) is 24.3 Å². The van der Waals surface area contributed by atoms with Gasteiger partial charge in [-0.1, -0.05) is 13.8 Å². The average Bonchev–Trinajstić information content (AvgIpc) is 3.21. The van der Waals surface area contributed by atoms with Gasteiger partial charge in [0.05, 0.1) is 18.8 Å². The molecule has 0 spiro atoms. The number of nitrogens with one attached hydrogen (secondary N) is 1. The first-order chi connectivity index (χ1) is 10.5. The highest BCUT2D eigenvalue weighted by Crippen LogP contribution is 2.38. The Morgan fingerprint density at radius 3 is 2.45 bits per heavy atom. The van der Waals surface area contributed by atoms with Crippen molar-refractivity contribution in [3.8, 4) is 0 Å². The second-order valence-electron chi connectivity index (χ2n) is 6.77. The third-order valence-electron chi connectivity index (χ3n) is 4.29. The molecule has 1 saturated heterocycles. The van der Waals surface area contributed by atoms with E-state index in [9.17, 15) is 9.59 Å². The van der Waals surface area contributed by atoms with Crippen molar-refractivity contribution in [1.29, 1.82) is 0 Å². The Morgan fingerprint density at radius 2 is 1.95 bits per heavy atom. The van der Waals surface area contributed by atoms with Gasteiger partial charge in [-0.15, -0.1) is 0 Å². The monoisotopic (exact) mass is 303 g/mol. The van der Waals surface area contributed by atoms with Crippen LogP contribution in [0.2, 0.25) is 0 Å². The Hall–Kier alpha value is -1.88. The van der Waals surface area contributed by atoms with Crippen molar-refractivity contribution in [2.24, 2.45) is 17.3 Å². The Kier molecular flexibility index (Phi) is 3.91. The summed E-state index contributed by atoms with van der Waals surface area (Å²) in [6, 6.07) is 6.81. The van der Waals surface area contributed by atoms with Crippen LogP contribution in [0, 0.1) is 17.3 Å². The van der Waals surface area contributed by atoms with Crippen molar-refractivity contribution >= 4 is 17.6 Å². The molecule has 2 atom stereocenters. The summed E-state index contributed by atoms with van der Waals surface area (Å²) in [5, 5.41) is 2.87. The summed E-state index contributed by atoms with van der Waals surface area (Å²) in [7, 11) is 0. The number of carbonyl (C=O) groups excluding carboxylic acids is 2. The molecule has 1 aliphatic heterocycles. The Bertz CT molecular complexity index is 577. The van der Waals surface area contributed by atoms with Crippen LogP contribution in [0.25, 0.3) is 0 Å². The van der Waals surface area contributed by atoms with E-state index in [0.29, 0.717) is 37.0 Å². The van der Waals surface area contributed by atoms with E-state index in [1.165, 1.54) is 0 Å². The summed E-state index contributed by atoms with van der Waals surface area (Å²) >= 11 is 0. The Morgan fingerprint density at radius 1 is 1.32 bits per heavy atom. The smallest absolute Gasteiger partial charge is 0.338 e. The van der Waals surface area contributed by atoms with E-state index in [1.54, 1.807) is 24.3 Å². The standard InChI is InChI=1S/C17H21NO4/c1-11-7-14(11)15(19)18-13-5-3-12(4-6-13)16(20)22-10-17(2)8-21-9-17/h3-6,11,14H,7-10H2,1-2H3,(H,18,19)/t11-,14-/m0/s1. The SMILES string of the molecule is C[C@H]1C[C@@H]1C(=O)Nc1ccc(C(=O)OCC2(C)COC2)cc1. The van der Waals surface area contributed by atoms with Crippen LogP contribution in [0.4, 0.5) is 5.69 Å². The molecule has 2 fully saturated rings. The Balaban J connectivity index is 1.52. The number of ether oxygens (including phenoxy) is 2. The highest BCUT2D eigenvalue weighted by molar-refractivity contribution is 5.95. The van der Waals surface area contributed by atoms with Gasteiger partial charge in [-0.2, -0.15) is 0 Å². The second-order valence-corrected chi connectivity index (χ2v) is 6.77. The van der Waals surface area contributed by atoms with E-state index in [0.717, 1.165) is 6.42 Å². The van der Waals surface area contributed by atoms with Gasteiger partial charge >= 0.3 is 5.97 Å². The van der Waals surface area contributed by atoms with Gasteiger partial charge < -0.3 is 14.8 Å². The Labute approximate surface area is 130 Å². The molecule has 0 radical (unpaired) electrons. The maximum Gasteiger partial charge on any atom is 0.338 e. The van der Waals surface area contributed by atoms with Crippen molar-refractivity contribution in [2.75, 3.05) is 25.1 Å². The van der Waals surface area contributed by atoms with Gasteiger partial charge in [0, 0.05) is 17.0 Å². The zero-order valence-electron chi connectivity index (χ0n) is 12.9. The second kappa shape index (κ2) is 5.72. The van der Waals surface area contributed by atoms with Crippen molar-refractivity contribution in [2.45, 2.75) is 20.3 Å². The fourth-order valence-corrected chi connectivity index (χ4v) is 2.47. The molecular formula is C17H21NO4. The summed E-state index contributed by atoms with van der Waals surface area (Å²) in [4.78, 5) is 23.8. The van der Waals surface area contributed by atoms with Gasteiger partial charge in [0.25, 0.3) is 0 Å². The number of anilines is 1. The number of rotatable bonds is 5. The molecule has 118 valence electrons. The molecule has 22 heavy (non-hydrogen) atoms. The van der Waals surface area contributed by atoms with Gasteiger partial charge in [0.15, 0.2) is 0 Å². The van der Waals surface area contributed by atoms with Gasteiger partial charge in [-0.3, -0.25) is 4.79 Å².